The van der Waals surface area contributed by atoms with Crippen LogP contribution in [0, 0.1) is 0 Å². The maximum atomic E-state index is 11.8. The van der Waals surface area contributed by atoms with Gasteiger partial charge in [-0.15, -0.1) is 5.12 Å². The molecule has 1 fully saturated rings. The van der Waals surface area contributed by atoms with Gasteiger partial charge in [0.2, 0.25) is 0 Å². The number of hydrogen-bond donors (Lipinski definition) is 2. The molecule has 2 N–H and O–H groups in total. The third kappa shape index (κ3) is 3.00. The maximum Gasteiger partial charge on any atom is 0.410 e. The van der Waals surface area contributed by atoms with E-state index in [1.807, 2.05) is 20.8 Å². The fourth-order valence-electron chi connectivity index (χ4n) is 1.84. The number of carbonyl (C=O) groups is 1. The molecule has 0 aliphatic carbocycles. The van der Waals surface area contributed by atoms with Crippen LogP contribution < -0.4 is 11.0 Å². The molecule has 1 unspecified atom stereocenters. The number of amides is 1. The van der Waals surface area contributed by atoms with Crippen LogP contribution in [0.1, 0.15) is 27.2 Å². The van der Waals surface area contributed by atoms with Gasteiger partial charge in [-0.1, -0.05) is 0 Å². The second-order valence-electron chi connectivity index (χ2n) is 5.23. The number of rotatable bonds is 1. The Morgan fingerprint density at radius 2 is 2.29 bits per heavy atom. The average molecular weight is 241 g/mol. The minimum atomic E-state index is -0.442. The Hall–Kier alpha value is -1.50. The summed E-state index contributed by atoms with van der Waals surface area (Å²) in [6, 6.07) is 0.213. The summed E-state index contributed by atoms with van der Waals surface area (Å²) < 4.78 is 5.33. The van der Waals surface area contributed by atoms with Gasteiger partial charge in [0, 0.05) is 13.1 Å². The van der Waals surface area contributed by atoms with Crippen LogP contribution in [-0.4, -0.2) is 47.2 Å². The van der Waals surface area contributed by atoms with Gasteiger partial charge in [0.25, 0.3) is 0 Å². The molecule has 1 amide bonds. The van der Waals surface area contributed by atoms with Crippen LogP contribution in [0.4, 0.5) is 4.79 Å². The Kier molecular flexibility index (Phi) is 3.10. The summed E-state index contributed by atoms with van der Waals surface area (Å²) in [4.78, 5) is 13.6. The molecule has 0 spiro atoms. The Balaban J connectivity index is 1.83. The van der Waals surface area contributed by atoms with E-state index in [1.165, 1.54) is 0 Å². The number of nitrogens with one attached hydrogen (secondary N) is 2. The predicted molar refractivity (Wildman–Crippen MR) is 62.8 cm³/mol. The lowest BCUT2D eigenvalue weighted by Gasteiger charge is -2.25. The Morgan fingerprint density at radius 3 is 2.88 bits per heavy atom. The van der Waals surface area contributed by atoms with Gasteiger partial charge in [0.1, 0.15) is 11.9 Å². The third-order valence-corrected chi connectivity index (χ3v) is 2.61. The van der Waals surface area contributed by atoms with Crippen molar-refractivity contribution in [3.63, 3.8) is 0 Å². The molecule has 96 valence electrons. The van der Waals surface area contributed by atoms with Gasteiger partial charge >= 0.3 is 6.09 Å². The van der Waals surface area contributed by atoms with Crippen molar-refractivity contribution in [3.05, 3.63) is 0 Å². The van der Waals surface area contributed by atoms with Crippen LogP contribution in [0.5, 0.6) is 0 Å². The lowest BCUT2D eigenvalue weighted by atomic mass is 10.2. The molecule has 1 saturated heterocycles. The molecule has 2 heterocycles. The monoisotopic (exact) mass is 241 g/mol. The van der Waals surface area contributed by atoms with E-state index in [0.717, 1.165) is 6.42 Å². The molecule has 0 aromatic heterocycles. The van der Waals surface area contributed by atoms with Crippen molar-refractivity contribution >= 4 is 12.4 Å². The van der Waals surface area contributed by atoms with Crippen LogP contribution in [0.25, 0.3) is 0 Å². The molecule has 0 saturated carbocycles. The molecule has 2 rings (SSSR count). The summed E-state index contributed by atoms with van der Waals surface area (Å²) in [5, 5.41) is 5.64. The van der Waals surface area contributed by atoms with Gasteiger partial charge in [-0.3, -0.25) is 5.43 Å². The average Bonchev–Trinajstić information content (AvgIpc) is 2.86. The highest BCUT2D eigenvalue weighted by Crippen LogP contribution is 2.17. The van der Waals surface area contributed by atoms with Crippen LogP contribution in [0.3, 0.4) is 0 Å². The normalized spacial score (nSPS) is 24.6. The molecule has 0 bridgehead atoms. The first-order valence-electron chi connectivity index (χ1n) is 5.76. The highest BCUT2D eigenvalue weighted by Gasteiger charge is 2.33. The standard InChI is InChI=1S/C10H19N5O2/c1-10(2,3)17-9(16)14-5-4-8(6-14)15-12-7-11-13-15/h7-8,13H,4-6H2,1-3H3,(H,11,12). The first-order chi connectivity index (χ1) is 7.96. The molecule has 17 heavy (non-hydrogen) atoms. The number of hydrazone groups is 1. The van der Waals surface area contributed by atoms with Gasteiger partial charge < -0.3 is 9.64 Å². The predicted octanol–water partition coefficient (Wildman–Crippen LogP) is 0.264. The third-order valence-electron chi connectivity index (χ3n) is 2.61. The summed E-state index contributed by atoms with van der Waals surface area (Å²) in [6.07, 6.45) is 2.22. The van der Waals surface area contributed by atoms with E-state index >= 15 is 0 Å². The van der Waals surface area contributed by atoms with Crippen molar-refractivity contribution in [2.45, 2.75) is 38.8 Å². The molecule has 7 heteroatoms. The fraction of sp³-hybridized carbons (Fsp3) is 0.800. The lowest BCUT2D eigenvalue weighted by molar-refractivity contribution is 0.0266. The van der Waals surface area contributed by atoms with Gasteiger partial charge in [0.05, 0.1) is 6.04 Å². The molecule has 0 radical (unpaired) electrons. The van der Waals surface area contributed by atoms with Gasteiger partial charge in [0.15, 0.2) is 0 Å². The molecular formula is C10H19N5O2. The Morgan fingerprint density at radius 1 is 1.53 bits per heavy atom. The van der Waals surface area contributed by atoms with Crippen LogP contribution >= 0.6 is 0 Å². The Labute approximate surface area is 101 Å². The summed E-state index contributed by atoms with van der Waals surface area (Å²) in [7, 11) is 0. The lowest BCUT2D eigenvalue weighted by Crippen LogP contribution is -2.48. The van der Waals surface area contributed by atoms with Crippen LogP contribution in [0.2, 0.25) is 0 Å². The Bertz CT molecular complexity index is 317. The summed E-state index contributed by atoms with van der Waals surface area (Å²) in [6.45, 7) is 6.96. The number of hydrazine groups is 2. The molecule has 7 nitrogen and oxygen atoms in total. The minimum Gasteiger partial charge on any atom is -0.444 e. The summed E-state index contributed by atoms with van der Waals surface area (Å²) in [5.74, 6) is 0. The van der Waals surface area contributed by atoms with Crippen molar-refractivity contribution < 1.29 is 9.53 Å². The number of ether oxygens (including phenoxy) is 1. The zero-order valence-corrected chi connectivity index (χ0v) is 10.4. The van der Waals surface area contributed by atoms with Crippen LogP contribution in [-0.2, 0) is 4.74 Å². The van der Waals surface area contributed by atoms with E-state index in [4.69, 9.17) is 4.74 Å². The number of carbonyl (C=O) groups excluding carboxylic acids is 1. The maximum absolute atomic E-state index is 11.8. The molecule has 2 aliphatic rings. The topological polar surface area (TPSA) is 69.2 Å². The largest absolute Gasteiger partial charge is 0.444 e. The number of likely N-dealkylation sites (tertiary alicyclic amines) is 1. The highest BCUT2D eigenvalue weighted by atomic mass is 16.6. The summed E-state index contributed by atoms with van der Waals surface area (Å²) in [5.41, 5.74) is 5.34. The van der Waals surface area contributed by atoms with Crippen molar-refractivity contribution in [1.82, 2.24) is 21.0 Å². The zero-order valence-electron chi connectivity index (χ0n) is 10.4. The van der Waals surface area contributed by atoms with Crippen molar-refractivity contribution in [1.29, 1.82) is 0 Å². The number of hydrogen-bond acceptors (Lipinski definition) is 6. The van der Waals surface area contributed by atoms with E-state index in [2.05, 4.69) is 16.1 Å². The summed E-state index contributed by atoms with van der Waals surface area (Å²) >= 11 is 0. The van der Waals surface area contributed by atoms with E-state index in [-0.39, 0.29) is 12.1 Å². The molecule has 0 aromatic carbocycles. The van der Waals surface area contributed by atoms with E-state index < -0.39 is 5.60 Å². The van der Waals surface area contributed by atoms with E-state index in [1.54, 1.807) is 16.4 Å². The van der Waals surface area contributed by atoms with Gasteiger partial charge in [-0.25, -0.2) is 10.3 Å². The van der Waals surface area contributed by atoms with Crippen molar-refractivity contribution in [2.75, 3.05) is 13.1 Å². The second-order valence-corrected chi connectivity index (χ2v) is 5.23. The van der Waals surface area contributed by atoms with Crippen molar-refractivity contribution in [3.8, 4) is 0 Å². The van der Waals surface area contributed by atoms with Crippen molar-refractivity contribution in [2.24, 2.45) is 5.10 Å². The SMILES string of the molecule is CC(C)(C)OC(=O)N1CCC(N2NC=NN2)C1. The molecule has 1 atom stereocenters. The minimum absolute atomic E-state index is 0.213. The van der Waals surface area contributed by atoms with E-state index in [9.17, 15) is 4.79 Å². The second kappa shape index (κ2) is 4.40. The number of nitrogens with zero attached hydrogens (tertiary/aromatic N) is 3. The first-order valence-corrected chi connectivity index (χ1v) is 5.76. The quantitative estimate of drug-likeness (QED) is 0.689. The first kappa shape index (κ1) is 12.0. The molecular weight excluding hydrogens is 222 g/mol. The van der Waals surface area contributed by atoms with Gasteiger partial charge in [-0.2, -0.15) is 5.10 Å². The van der Waals surface area contributed by atoms with E-state index in [0.29, 0.717) is 13.1 Å². The zero-order chi connectivity index (χ0) is 12.5. The molecule has 0 aromatic rings. The van der Waals surface area contributed by atoms with Crippen LogP contribution in [0.15, 0.2) is 5.10 Å². The highest BCUT2D eigenvalue weighted by molar-refractivity contribution is 5.68. The fourth-order valence-corrected chi connectivity index (χ4v) is 1.84. The molecule has 2 aliphatic heterocycles. The van der Waals surface area contributed by atoms with Gasteiger partial charge in [-0.05, 0) is 27.2 Å². The smallest absolute Gasteiger partial charge is 0.410 e.